The second-order valence-electron chi connectivity index (χ2n) is 4.51. The molecule has 0 aromatic carbocycles. The summed E-state index contributed by atoms with van der Waals surface area (Å²) >= 11 is 0. The lowest BCUT2D eigenvalue weighted by atomic mass is 9.96. The summed E-state index contributed by atoms with van der Waals surface area (Å²) in [6, 6.07) is 1.99. The highest BCUT2D eigenvalue weighted by molar-refractivity contribution is 5.95. The lowest BCUT2D eigenvalue weighted by Gasteiger charge is -2.11. The minimum Gasteiger partial charge on any atom is -0.328 e. The highest BCUT2D eigenvalue weighted by Gasteiger charge is 2.17. The molecule has 0 saturated carbocycles. The lowest BCUT2D eigenvalue weighted by molar-refractivity contribution is 0.0912. The van der Waals surface area contributed by atoms with Crippen molar-refractivity contribution in [1.82, 2.24) is 9.78 Å². The molecule has 2 atom stereocenters. The summed E-state index contributed by atoms with van der Waals surface area (Å²) in [6.45, 7) is 3.96. The van der Waals surface area contributed by atoms with Crippen molar-refractivity contribution in [2.24, 2.45) is 18.7 Å². The Labute approximate surface area is 96.8 Å². The van der Waals surface area contributed by atoms with E-state index in [-0.39, 0.29) is 17.7 Å². The van der Waals surface area contributed by atoms with Crippen LogP contribution in [0.25, 0.3) is 0 Å². The number of Topliss-reactive ketones (excluding diaryl/α,β-unsaturated/α-hetero) is 1. The molecule has 2 unspecified atom stereocenters. The van der Waals surface area contributed by atoms with Crippen molar-refractivity contribution in [3.05, 3.63) is 18.0 Å². The van der Waals surface area contributed by atoms with Gasteiger partial charge < -0.3 is 5.73 Å². The van der Waals surface area contributed by atoms with E-state index in [9.17, 15) is 4.79 Å². The van der Waals surface area contributed by atoms with E-state index < -0.39 is 0 Å². The maximum atomic E-state index is 12.0. The van der Waals surface area contributed by atoms with Gasteiger partial charge in [0.25, 0.3) is 0 Å². The molecule has 1 aromatic heterocycles. The molecule has 0 saturated heterocycles. The minimum atomic E-state index is 0.0501. The van der Waals surface area contributed by atoms with Crippen LogP contribution in [0, 0.1) is 5.92 Å². The smallest absolute Gasteiger partial charge is 0.183 e. The molecule has 0 aliphatic carbocycles. The number of nitrogens with two attached hydrogens (primary N) is 1. The van der Waals surface area contributed by atoms with Crippen LogP contribution in [0.15, 0.2) is 12.3 Å². The number of carbonyl (C=O) groups is 1. The topological polar surface area (TPSA) is 60.9 Å². The Balaban J connectivity index is 2.46. The molecule has 4 heteroatoms. The second-order valence-corrected chi connectivity index (χ2v) is 4.51. The van der Waals surface area contributed by atoms with E-state index >= 15 is 0 Å². The number of hydrogen-bond acceptors (Lipinski definition) is 3. The van der Waals surface area contributed by atoms with E-state index in [1.54, 1.807) is 24.0 Å². The van der Waals surface area contributed by atoms with Crippen LogP contribution in [0.5, 0.6) is 0 Å². The predicted molar refractivity (Wildman–Crippen MR) is 64.2 cm³/mol. The van der Waals surface area contributed by atoms with Gasteiger partial charge in [-0.05, 0) is 25.8 Å². The normalized spacial score (nSPS) is 14.8. The van der Waals surface area contributed by atoms with E-state index in [0.29, 0.717) is 5.69 Å². The van der Waals surface area contributed by atoms with Crippen molar-refractivity contribution in [2.75, 3.05) is 0 Å². The first kappa shape index (κ1) is 12.9. The molecule has 0 radical (unpaired) electrons. The molecule has 90 valence electrons. The zero-order valence-corrected chi connectivity index (χ0v) is 10.3. The monoisotopic (exact) mass is 223 g/mol. The Morgan fingerprint density at radius 2 is 2.19 bits per heavy atom. The zero-order valence-electron chi connectivity index (χ0n) is 10.3. The number of aromatic nitrogens is 2. The Bertz CT molecular complexity index is 344. The van der Waals surface area contributed by atoms with Gasteiger partial charge in [-0.25, -0.2) is 0 Å². The summed E-state index contributed by atoms with van der Waals surface area (Å²) in [5, 5.41) is 4.00. The number of hydrogen-bond donors (Lipinski definition) is 1. The quantitative estimate of drug-likeness (QED) is 0.747. The summed E-state index contributed by atoms with van der Waals surface area (Å²) in [6.07, 6.45) is 4.53. The van der Waals surface area contributed by atoms with Crippen LogP contribution < -0.4 is 5.73 Å². The number of aryl methyl sites for hydroxylation is 1. The van der Waals surface area contributed by atoms with Crippen LogP contribution in [0.2, 0.25) is 0 Å². The van der Waals surface area contributed by atoms with Crippen LogP contribution in [0.1, 0.15) is 43.6 Å². The maximum absolute atomic E-state index is 12.0. The maximum Gasteiger partial charge on any atom is 0.183 e. The zero-order chi connectivity index (χ0) is 12.1. The van der Waals surface area contributed by atoms with Crippen LogP contribution in [0.3, 0.4) is 0 Å². The molecule has 0 fully saturated rings. The minimum absolute atomic E-state index is 0.0501. The van der Waals surface area contributed by atoms with Crippen molar-refractivity contribution >= 4 is 5.78 Å². The van der Waals surface area contributed by atoms with Crippen molar-refractivity contribution in [3.8, 4) is 0 Å². The fraction of sp³-hybridized carbons (Fsp3) is 0.667. The van der Waals surface area contributed by atoms with Crippen molar-refractivity contribution in [2.45, 2.75) is 39.2 Å². The van der Waals surface area contributed by atoms with Crippen molar-refractivity contribution < 1.29 is 4.79 Å². The first-order valence-electron chi connectivity index (χ1n) is 5.80. The van der Waals surface area contributed by atoms with Gasteiger partial charge in [-0.3, -0.25) is 9.48 Å². The summed E-state index contributed by atoms with van der Waals surface area (Å²) in [4.78, 5) is 12.0. The third-order valence-corrected chi connectivity index (χ3v) is 2.82. The van der Waals surface area contributed by atoms with E-state index in [1.807, 2.05) is 13.8 Å². The van der Waals surface area contributed by atoms with Gasteiger partial charge in [0.15, 0.2) is 5.78 Å². The van der Waals surface area contributed by atoms with Crippen LogP contribution in [-0.4, -0.2) is 21.6 Å². The van der Waals surface area contributed by atoms with E-state index in [1.165, 1.54) is 0 Å². The van der Waals surface area contributed by atoms with Crippen molar-refractivity contribution in [1.29, 1.82) is 0 Å². The van der Waals surface area contributed by atoms with Gasteiger partial charge in [-0.2, -0.15) is 5.10 Å². The fourth-order valence-electron chi connectivity index (χ4n) is 1.75. The lowest BCUT2D eigenvalue weighted by Crippen LogP contribution is -2.18. The Morgan fingerprint density at radius 3 is 2.69 bits per heavy atom. The average molecular weight is 223 g/mol. The molecular weight excluding hydrogens is 202 g/mol. The SMILES string of the molecule is CC(N)CCCC(C)C(=O)c1ccnn1C. The third-order valence-electron chi connectivity index (χ3n) is 2.82. The molecule has 1 rings (SSSR count). The van der Waals surface area contributed by atoms with E-state index in [0.717, 1.165) is 19.3 Å². The summed E-state index contributed by atoms with van der Waals surface area (Å²) in [5.74, 6) is 0.221. The van der Waals surface area contributed by atoms with Crippen LogP contribution >= 0.6 is 0 Å². The first-order valence-corrected chi connectivity index (χ1v) is 5.80. The number of ketones is 1. The van der Waals surface area contributed by atoms with Gasteiger partial charge in [-0.15, -0.1) is 0 Å². The van der Waals surface area contributed by atoms with Gasteiger partial charge in [0.2, 0.25) is 0 Å². The van der Waals surface area contributed by atoms with Crippen LogP contribution in [0.4, 0.5) is 0 Å². The molecule has 16 heavy (non-hydrogen) atoms. The molecule has 0 bridgehead atoms. The Kier molecular flexibility index (Phi) is 4.68. The molecular formula is C12H21N3O. The molecule has 1 aromatic rings. The molecule has 1 heterocycles. The number of nitrogens with zero attached hydrogens (tertiary/aromatic N) is 2. The van der Waals surface area contributed by atoms with Gasteiger partial charge >= 0.3 is 0 Å². The standard InChI is InChI=1S/C12H21N3O/c1-9(5-4-6-10(2)13)12(16)11-7-8-14-15(11)3/h7-10H,4-6,13H2,1-3H3. The summed E-state index contributed by atoms with van der Waals surface area (Å²) in [5.41, 5.74) is 6.36. The van der Waals surface area contributed by atoms with Gasteiger partial charge in [-0.1, -0.05) is 13.3 Å². The van der Waals surface area contributed by atoms with Gasteiger partial charge in [0.1, 0.15) is 5.69 Å². The molecule has 0 aliphatic heterocycles. The highest BCUT2D eigenvalue weighted by atomic mass is 16.1. The second kappa shape index (κ2) is 5.80. The fourth-order valence-corrected chi connectivity index (χ4v) is 1.75. The Hall–Kier alpha value is -1.16. The molecule has 0 aliphatic rings. The highest BCUT2D eigenvalue weighted by Crippen LogP contribution is 2.14. The largest absolute Gasteiger partial charge is 0.328 e. The van der Waals surface area contributed by atoms with Gasteiger partial charge in [0, 0.05) is 25.2 Å². The average Bonchev–Trinajstić information content (AvgIpc) is 2.62. The summed E-state index contributed by atoms with van der Waals surface area (Å²) < 4.78 is 1.63. The summed E-state index contributed by atoms with van der Waals surface area (Å²) in [7, 11) is 1.79. The van der Waals surface area contributed by atoms with E-state index in [4.69, 9.17) is 5.73 Å². The third kappa shape index (κ3) is 3.45. The number of rotatable bonds is 6. The molecule has 0 spiro atoms. The number of carbonyl (C=O) groups excluding carboxylic acids is 1. The van der Waals surface area contributed by atoms with Gasteiger partial charge in [0.05, 0.1) is 0 Å². The predicted octanol–water partition coefficient (Wildman–Crippen LogP) is 1.76. The molecule has 4 nitrogen and oxygen atoms in total. The van der Waals surface area contributed by atoms with Crippen LogP contribution in [-0.2, 0) is 7.05 Å². The van der Waals surface area contributed by atoms with Crippen molar-refractivity contribution in [3.63, 3.8) is 0 Å². The van der Waals surface area contributed by atoms with E-state index in [2.05, 4.69) is 5.10 Å². The molecule has 0 amide bonds. The first-order chi connectivity index (χ1) is 7.52. The molecule has 2 N–H and O–H groups in total. The Morgan fingerprint density at radius 1 is 1.50 bits per heavy atom.